The van der Waals surface area contributed by atoms with Crippen molar-refractivity contribution in [1.29, 1.82) is 0 Å². The van der Waals surface area contributed by atoms with Gasteiger partial charge in [-0.1, -0.05) is 48.5 Å². The molecule has 3 aromatic rings. The molecule has 6 rings (SSSR count). The Morgan fingerprint density at radius 3 is 2.37 bits per heavy atom. The Labute approximate surface area is 292 Å². The van der Waals surface area contributed by atoms with Crippen molar-refractivity contribution in [3.63, 3.8) is 0 Å². The summed E-state index contributed by atoms with van der Waals surface area (Å²) in [6.07, 6.45) is -2.98. The average Bonchev–Trinajstić information content (AvgIpc) is 3.46. The molecule has 1 saturated heterocycles. The van der Waals surface area contributed by atoms with Crippen LogP contribution >= 0.6 is 0 Å². The van der Waals surface area contributed by atoms with E-state index in [0.717, 1.165) is 23.1 Å². The van der Waals surface area contributed by atoms with Crippen LogP contribution in [0.1, 0.15) is 66.8 Å². The minimum Gasteiger partial charge on any atom is -0.481 e. The third kappa shape index (κ3) is 7.33. The minimum absolute atomic E-state index is 0.110. The number of benzene rings is 3. The van der Waals surface area contributed by atoms with Crippen LogP contribution in [0.25, 0.3) is 0 Å². The molecule has 0 aromatic heterocycles. The van der Waals surface area contributed by atoms with Crippen molar-refractivity contribution in [2.45, 2.75) is 63.8 Å². The van der Waals surface area contributed by atoms with E-state index in [9.17, 15) is 32.3 Å². The molecule has 51 heavy (non-hydrogen) atoms. The highest BCUT2D eigenvalue weighted by Gasteiger charge is 2.61. The van der Waals surface area contributed by atoms with Crippen molar-refractivity contribution >= 4 is 17.9 Å². The quantitative estimate of drug-likeness (QED) is 0.106. The van der Waals surface area contributed by atoms with Crippen LogP contribution in [0, 0.1) is 17.0 Å². The van der Waals surface area contributed by atoms with Crippen molar-refractivity contribution in [3.05, 3.63) is 118 Å². The highest BCUT2D eigenvalue weighted by molar-refractivity contribution is 6.06. The topological polar surface area (TPSA) is 98.7 Å². The van der Waals surface area contributed by atoms with Gasteiger partial charge in [-0.15, -0.1) is 0 Å². The summed E-state index contributed by atoms with van der Waals surface area (Å²) >= 11 is 0. The number of alkyl halides is 3. The number of rotatable bonds is 12. The molecule has 2 heterocycles. The van der Waals surface area contributed by atoms with Crippen LogP contribution in [-0.2, 0) is 28.9 Å². The van der Waals surface area contributed by atoms with Gasteiger partial charge in [0.15, 0.2) is 0 Å². The number of quaternary nitrogens is 1. The number of imide groups is 1. The summed E-state index contributed by atoms with van der Waals surface area (Å²) in [6.45, 7) is 0.110. The first-order valence-electron chi connectivity index (χ1n) is 17.1. The number of aliphatic carboxylic acids is 1. The first-order chi connectivity index (χ1) is 24.3. The van der Waals surface area contributed by atoms with Gasteiger partial charge in [-0.3, -0.25) is 9.59 Å². The van der Waals surface area contributed by atoms with E-state index >= 15 is 9.18 Å². The van der Waals surface area contributed by atoms with E-state index in [1.165, 1.54) is 18.2 Å². The molecule has 3 amide bonds. The van der Waals surface area contributed by atoms with E-state index in [4.69, 9.17) is 0 Å². The van der Waals surface area contributed by atoms with Crippen LogP contribution in [0.2, 0.25) is 0 Å². The first kappa shape index (κ1) is 36.3. The zero-order valence-corrected chi connectivity index (χ0v) is 27.9. The standard InChI is InChI=1S/C38H39F5N4O4/c39-27-10-4-7-25(21-27)23-47(24-28-29(38(41,42)43)11-5-12-30(28)40)32-14-15-37(16-19-44-20-17-37)34(32)35(50)46(36(47)51)22-31(26-8-2-1-3-9-26)45-18-6-13-33(48)49/h1-5,7-12,21,31,44-45H,6,13-20,22-24H2/p+1/t31?,47-/m1/s1. The molecule has 1 unspecified atom stereocenters. The van der Waals surface area contributed by atoms with Gasteiger partial charge in [0.2, 0.25) is 0 Å². The number of urea groups is 1. The molecular weight excluding hydrogens is 671 g/mol. The lowest BCUT2D eigenvalue weighted by Gasteiger charge is -2.46. The van der Waals surface area contributed by atoms with Gasteiger partial charge in [0, 0.05) is 23.8 Å². The van der Waals surface area contributed by atoms with Crippen LogP contribution in [-0.4, -0.2) is 58.6 Å². The Bertz CT molecular complexity index is 1830. The molecule has 1 spiro atoms. The van der Waals surface area contributed by atoms with E-state index < -0.39 is 69.3 Å². The maximum Gasteiger partial charge on any atom is 0.431 e. The van der Waals surface area contributed by atoms with E-state index in [0.29, 0.717) is 54.7 Å². The predicted octanol–water partition coefficient (Wildman–Crippen LogP) is 7.08. The fourth-order valence-corrected chi connectivity index (χ4v) is 8.08. The Morgan fingerprint density at radius 1 is 0.961 bits per heavy atom. The van der Waals surface area contributed by atoms with Gasteiger partial charge in [-0.2, -0.15) is 13.2 Å². The van der Waals surface area contributed by atoms with Gasteiger partial charge in [-0.05, 0) is 75.1 Å². The number of nitrogens with one attached hydrogen (secondary N) is 2. The summed E-state index contributed by atoms with van der Waals surface area (Å²) in [4.78, 5) is 42.4. The monoisotopic (exact) mass is 711 g/mol. The van der Waals surface area contributed by atoms with E-state index in [2.05, 4.69) is 10.6 Å². The largest absolute Gasteiger partial charge is 0.481 e. The molecular formula is C38H40F5N4O4+. The average molecular weight is 712 g/mol. The van der Waals surface area contributed by atoms with Crippen molar-refractivity contribution in [2.75, 3.05) is 26.2 Å². The Balaban J connectivity index is 1.54. The number of amides is 3. The van der Waals surface area contributed by atoms with Gasteiger partial charge in [-0.25, -0.2) is 23.0 Å². The van der Waals surface area contributed by atoms with Crippen molar-refractivity contribution in [1.82, 2.24) is 15.5 Å². The zero-order valence-electron chi connectivity index (χ0n) is 27.9. The lowest BCUT2D eigenvalue weighted by Crippen LogP contribution is -2.63. The summed E-state index contributed by atoms with van der Waals surface area (Å²) in [5.41, 5.74) is -0.901. The molecule has 8 nitrogen and oxygen atoms in total. The maximum absolute atomic E-state index is 15.7. The van der Waals surface area contributed by atoms with Crippen LogP contribution in [0.5, 0.6) is 0 Å². The molecule has 2 atom stereocenters. The Kier molecular flexibility index (Phi) is 10.4. The van der Waals surface area contributed by atoms with Crippen LogP contribution < -0.4 is 10.6 Å². The minimum atomic E-state index is -4.95. The summed E-state index contributed by atoms with van der Waals surface area (Å²) in [5.74, 6) is -3.28. The molecule has 13 heteroatoms. The summed E-state index contributed by atoms with van der Waals surface area (Å²) in [6, 6.07) is 15.5. The van der Waals surface area contributed by atoms with Gasteiger partial charge in [0.25, 0.3) is 5.91 Å². The summed E-state index contributed by atoms with van der Waals surface area (Å²) in [7, 11) is 0. The number of hydrogen-bond acceptors (Lipinski definition) is 5. The van der Waals surface area contributed by atoms with Crippen LogP contribution in [0.4, 0.5) is 26.7 Å². The fourth-order valence-electron chi connectivity index (χ4n) is 8.08. The van der Waals surface area contributed by atoms with Crippen molar-refractivity contribution in [2.24, 2.45) is 5.41 Å². The molecule has 3 aromatic carbocycles. The summed E-state index contributed by atoms with van der Waals surface area (Å²) < 4.78 is 73.0. The molecule has 0 bridgehead atoms. The predicted molar refractivity (Wildman–Crippen MR) is 177 cm³/mol. The molecule has 0 radical (unpaired) electrons. The second-order valence-corrected chi connectivity index (χ2v) is 13.6. The second kappa shape index (κ2) is 14.6. The van der Waals surface area contributed by atoms with Gasteiger partial charge in [0.05, 0.1) is 29.3 Å². The SMILES string of the molecule is O=C(O)CCCNC(CN1C(=O)C2=C(CCC23CCNCC3)[N@@+](Cc2cccc(F)c2)(Cc2c(F)cccc2C(F)(F)F)C1=O)c1ccccc1. The number of carboxylic acid groups (broad SMARTS) is 1. The van der Waals surface area contributed by atoms with Crippen LogP contribution in [0.3, 0.4) is 0 Å². The molecule has 270 valence electrons. The van der Waals surface area contributed by atoms with E-state index in [1.807, 2.05) is 0 Å². The lowest BCUT2D eigenvalue weighted by atomic mass is 9.72. The number of carboxylic acids is 1. The number of fused-ring (bicyclic) bond motifs is 1. The molecule has 1 aliphatic carbocycles. The number of hydrogen-bond donors (Lipinski definition) is 3. The smallest absolute Gasteiger partial charge is 0.431 e. The molecule has 2 aliphatic heterocycles. The first-order valence-corrected chi connectivity index (χ1v) is 17.1. The Morgan fingerprint density at radius 2 is 1.69 bits per heavy atom. The zero-order chi connectivity index (χ0) is 36.4. The van der Waals surface area contributed by atoms with Crippen LogP contribution in [0.15, 0.2) is 84.1 Å². The third-order valence-electron chi connectivity index (χ3n) is 10.5. The normalized spacial score (nSPS) is 20.9. The highest BCUT2D eigenvalue weighted by Crippen LogP contribution is 2.55. The van der Waals surface area contributed by atoms with E-state index in [1.54, 1.807) is 36.4 Å². The highest BCUT2D eigenvalue weighted by atomic mass is 19.4. The number of carbonyl (C=O) groups is 3. The third-order valence-corrected chi connectivity index (χ3v) is 10.5. The fraction of sp³-hybridized carbons (Fsp3) is 0.395. The second-order valence-electron chi connectivity index (χ2n) is 13.6. The molecule has 3 aliphatic rings. The number of piperidine rings is 1. The van der Waals surface area contributed by atoms with Crippen molar-refractivity contribution < 1.29 is 45.9 Å². The maximum atomic E-state index is 15.7. The van der Waals surface area contributed by atoms with Crippen molar-refractivity contribution in [3.8, 4) is 0 Å². The summed E-state index contributed by atoms with van der Waals surface area (Å²) in [5, 5.41) is 15.8. The molecule has 3 N–H and O–H groups in total. The molecule has 0 saturated carbocycles. The van der Waals surface area contributed by atoms with E-state index in [-0.39, 0.29) is 38.9 Å². The number of halogens is 5. The van der Waals surface area contributed by atoms with Gasteiger partial charge >= 0.3 is 18.2 Å². The Hall–Kier alpha value is -4.46. The number of carbonyl (C=O) groups excluding carboxylic acids is 2. The lowest BCUT2D eigenvalue weighted by molar-refractivity contribution is -0.845. The number of allylic oxidation sites excluding steroid dienone is 1. The van der Waals surface area contributed by atoms with Gasteiger partial charge in [0.1, 0.15) is 30.4 Å². The van der Waals surface area contributed by atoms with Gasteiger partial charge < -0.3 is 15.7 Å². The number of nitrogens with zero attached hydrogens (tertiary/aromatic N) is 2. The molecule has 1 fully saturated rings.